The zero-order valence-corrected chi connectivity index (χ0v) is 16.5. The van der Waals surface area contributed by atoms with Gasteiger partial charge in [-0.25, -0.2) is 4.98 Å². The fourth-order valence-electron chi connectivity index (χ4n) is 4.50. The van der Waals surface area contributed by atoms with Crippen LogP contribution in [0.2, 0.25) is 0 Å². The van der Waals surface area contributed by atoms with Crippen molar-refractivity contribution in [3.8, 4) is 0 Å². The Kier molecular flexibility index (Phi) is 6.04. The Bertz CT molecular complexity index is 639. The van der Waals surface area contributed by atoms with Crippen LogP contribution in [0.4, 0.5) is 0 Å². The molecule has 0 aromatic carbocycles. The summed E-state index contributed by atoms with van der Waals surface area (Å²) in [6.45, 7) is 6.26. The second-order valence-corrected chi connectivity index (χ2v) is 8.39. The Balaban J connectivity index is 1.29. The lowest BCUT2D eigenvalue weighted by atomic mass is 9.92. The molecule has 7 nitrogen and oxygen atoms in total. The normalized spacial score (nSPS) is 25.6. The summed E-state index contributed by atoms with van der Waals surface area (Å²) in [5.41, 5.74) is 2.27. The van der Waals surface area contributed by atoms with E-state index in [-0.39, 0.29) is 11.8 Å². The first-order valence-corrected chi connectivity index (χ1v) is 10.9. The van der Waals surface area contributed by atoms with Crippen LogP contribution in [-0.2, 0) is 9.53 Å². The van der Waals surface area contributed by atoms with Gasteiger partial charge in [0.2, 0.25) is 5.91 Å². The molecule has 148 valence electrons. The Morgan fingerprint density at radius 2 is 1.81 bits per heavy atom. The van der Waals surface area contributed by atoms with Gasteiger partial charge in [0.15, 0.2) is 0 Å². The number of amides is 2. The van der Waals surface area contributed by atoms with Crippen LogP contribution in [0.1, 0.15) is 36.2 Å². The third kappa shape index (κ3) is 4.33. The number of likely N-dealkylation sites (tertiary alicyclic amines) is 2. The summed E-state index contributed by atoms with van der Waals surface area (Å²) < 4.78 is 5.37. The molecule has 0 N–H and O–H groups in total. The average Bonchev–Trinajstić information content (AvgIpc) is 3.28. The predicted octanol–water partition coefficient (Wildman–Crippen LogP) is 1.32. The van der Waals surface area contributed by atoms with Crippen molar-refractivity contribution in [1.29, 1.82) is 0 Å². The van der Waals surface area contributed by atoms with Crippen LogP contribution in [0.25, 0.3) is 0 Å². The second kappa shape index (κ2) is 8.67. The van der Waals surface area contributed by atoms with Crippen LogP contribution in [0.5, 0.6) is 0 Å². The molecule has 0 radical (unpaired) electrons. The number of hydrogen-bond donors (Lipinski definition) is 0. The van der Waals surface area contributed by atoms with Crippen LogP contribution >= 0.6 is 11.3 Å². The molecule has 0 aliphatic carbocycles. The zero-order chi connectivity index (χ0) is 18.6. The summed E-state index contributed by atoms with van der Waals surface area (Å²) in [7, 11) is 0. The molecular formula is C19H28N4O3S. The van der Waals surface area contributed by atoms with Crippen molar-refractivity contribution in [2.45, 2.75) is 31.7 Å². The van der Waals surface area contributed by atoms with E-state index in [1.165, 1.54) is 11.3 Å². The van der Waals surface area contributed by atoms with Gasteiger partial charge in [0, 0.05) is 44.1 Å². The van der Waals surface area contributed by atoms with Crippen molar-refractivity contribution in [3.63, 3.8) is 0 Å². The molecular weight excluding hydrogens is 364 g/mol. The Morgan fingerprint density at radius 1 is 1.04 bits per heavy atom. The number of carbonyl (C=O) groups excluding carboxylic acids is 2. The Morgan fingerprint density at radius 3 is 2.52 bits per heavy atom. The van der Waals surface area contributed by atoms with Gasteiger partial charge >= 0.3 is 0 Å². The van der Waals surface area contributed by atoms with Gasteiger partial charge < -0.3 is 14.5 Å². The minimum absolute atomic E-state index is 0.0497. The van der Waals surface area contributed by atoms with E-state index < -0.39 is 0 Å². The first-order valence-electron chi connectivity index (χ1n) is 10.0. The van der Waals surface area contributed by atoms with Crippen molar-refractivity contribution >= 4 is 23.2 Å². The molecule has 4 heterocycles. The van der Waals surface area contributed by atoms with Gasteiger partial charge in [0.25, 0.3) is 5.91 Å². The molecule has 0 spiro atoms. The molecule has 0 bridgehead atoms. The van der Waals surface area contributed by atoms with Crippen LogP contribution in [0.3, 0.4) is 0 Å². The fraction of sp³-hybridized carbons (Fsp3) is 0.737. The summed E-state index contributed by atoms with van der Waals surface area (Å²) in [5, 5.41) is 1.82. The van der Waals surface area contributed by atoms with Crippen LogP contribution in [-0.4, -0.2) is 90.0 Å². The standard InChI is InChI=1S/C19H28N4O3S/c24-18(22-8-10-26-11-9-22)15-2-1-5-23(12-15)16-3-6-21(7-4-16)19(25)17-13-27-14-20-17/h13-16H,1-12H2/t15-/m0/s1. The number of morpholine rings is 1. The summed E-state index contributed by atoms with van der Waals surface area (Å²) in [4.78, 5) is 35.8. The highest BCUT2D eigenvalue weighted by molar-refractivity contribution is 7.07. The number of nitrogens with zero attached hydrogens (tertiary/aromatic N) is 4. The lowest BCUT2D eigenvalue weighted by Crippen LogP contribution is -2.53. The van der Waals surface area contributed by atoms with E-state index in [0.29, 0.717) is 30.9 Å². The van der Waals surface area contributed by atoms with Crippen molar-refractivity contribution in [2.75, 3.05) is 52.5 Å². The van der Waals surface area contributed by atoms with Crippen LogP contribution < -0.4 is 0 Å². The molecule has 1 atom stereocenters. The number of rotatable bonds is 3. The van der Waals surface area contributed by atoms with Crippen LogP contribution in [0.15, 0.2) is 10.9 Å². The van der Waals surface area contributed by atoms with E-state index in [1.54, 1.807) is 5.51 Å². The van der Waals surface area contributed by atoms with E-state index >= 15 is 0 Å². The maximum absolute atomic E-state index is 12.8. The molecule has 2 amide bonds. The van der Waals surface area contributed by atoms with E-state index in [2.05, 4.69) is 9.88 Å². The molecule has 4 rings (SSSR count). The van der Waals surface area contributed by atoms with E-state index in [0.717, 1.165) is 65.0 Å². The highest BCUT2D eigenvalue weighted by Crippen LogP contribution is 2.26. The highest BCUT2D eigenvalue weighted by Gasteiger charge is 2.34. The number of aromatic nitrogens is 1. The maximum atomic E-state index is 12.8. The van der Waals surface area contributed by atoms with E-state index in [4.69, 9.17) is 4.74 Å². The predicted molar refractivity (Wildman–Crippen MR) is 103 cm³/mol. The topological polar surface area (TPSA) is 66.0 Å². The van der Waals surface area contributed by atoms with Gasteiger partial charge in [0.05, 0.1) is 24.6 Å². The smallest absolute Gasteiger partial charge is 0.273 e. The number of carbonyl (C=O) groups is 2. The quantitative estimate of drug-likeness (QED) is 0.776. The van der Waals surface area contributed by atoms with E-state index in [9.17, 15) is 9.59 Å². The minimum Gasteiger partial charge on any atom is -0.378 e. The summed E-state index contributed by atoms with van der Waals surface area (Å²) in [6.07, 6.45) is 4.04. The lowest BCUT2D eigenvalue weighted by Gasteiger charge is -2.43. The number of hydrogen-bond acceptors (Lipinski definition) is 6. The molecule has 27 heavy (non-hydrogen) atoms. The molecule has 3 fully saturated rings. The fourth-order valence-corrected chi connectivity index (χ4v) is 5.02. The number of ether oxygens (including phenoxy) is 1. The molecule has 3 aliphatic rings. The van der Waals surface area contributed by atoms with Crippen molar-refractivity contribution in [1.82, 2.24) is 19.7 Å². The average molecular weight is 393 g/mol. The third-order valence-corrected chi connectivity index (χ3v) is 6.63. The number of thiazole rings is 1. The molecule has 1 aromatic heterocycles. The first-order chi connectivity index (χ1) is 13.2. The minimum atomic E-state index is 0.0497. The van der Waals surface area contributed by atoms with Gasteiger partial charge in [-0.15, -0.1) is 11.3 Å². The summed E-state index contributed by atoms with van der Waals surface area (Å²) in [5.74, 6) is 0.472. The molecule has 8 heteroatoms. The Labute approximate surface area is 164 Å². The molecule has 1 aromatic rings. The largest absolute Gasteiger partial charge is 0.378 e. The van der Waals surface area contributed by atoms with Gasteiger partial charge in [-0.1, -0.05) is 0 Å². The third-order valence-electron chi connectivity index (χ3n) is 6.04. The lowest BCUT2D eigenvalue weighted by molar-refractivity contribution is -0.141. The van der Waals surface area contributed by atoms with Gasteiger partial charge in [-0.05, 0) is 32.2 Å². The first kappa shape index (κ1) is 18.8. The molecule has 0 saturated carbocycles. The maximum Gasteiger partial charge on any atom is 0.273 e. The zero-order valence-electron chi connectivity index (χ0n) is 15.7. The van der Waals surface area contributed by atoms with Crippen LogP contribution in [0, 0.1) is 5.92 Å². The SMILES string of the molecule is O=C(c1cscn1)N1CCC(N2CCC[C@H](C(=O)N3CCOCC3)C2)CC1. The van der Waals surface area contributed by atoms with Gasteiger partial charge in [0.1, 0.15) is 5.69 Å². The molecule has 3 aliphatic heterocycles. The van der Waals surface area contributed by atoms with E-state index in [1.807, 2.05) is 15.2 Å². The molecule has 0 unspecified atom stereocenters. The van der Waals surface area contributed by atoms with Crippen molar-refractivity contribution < 1.29 is 14.3 Å². The summed E-state index contributed by atoms with van der Waals surface area (Å²) >= 11 is 1.46. The van der Waals surface area contributed by atoms with Gasteiger partial charge in [-0.3, -0.25) is 14.5 Å². The van der Waals surface area contributed by atoms with Crippen molar-refractivity contribution in [3.05, 3.63) is 16.6 Å². The number of piperidine rings is 2. The Hall–Kier alpha value is -1.51. The monoisotopic (exact) mass is 392 g/mol. The molecule has 3 saturated heterocycles. The summed E-state index contributed by atoms with van der Waals surface area (Å²) in [6, 6.07) is 0.477. The van der Waals surface area contributed by atoms with Gasteiger partial charge in [-0.2, -0.15) is 0 Å². The highest BCUT2D eigenvalue weighted by atomic mass is 32.1. The van der Waals surface area contributed by atoms with Crippen molar-refractivity contribution in [2.24, 2.45) is 5.92 Å². The second-order valence-electron chi connectivity index (χ2n) is 7.67.